The molecule has 1 aliphatic heterocycles. The highest BCUT2D eigenvalue weighted by molar-refractivity contribution is 6.30. The summed E-state index contributed by atoms with van der Waals surface area (Å²) in [4.78, 5) is 14.0. The van der Waals surface area contributed by atoms with E-state index < -0.39 is 5.97 Å². The lowest BCUT2D eigenvalue weighted by atomic mass is 9.86. The van der Waals surface area contributed by atoms with Crippen LogP contribution in [0.5, 0.6) is 0 Å². The van der Waals surface area contributed by atoms with E-state index in [1.54, 1.807) is 6.07 Å². The van der Waals surface area contributed by atoms with E-state index in [9.17, 15) is 14.3 Å². The Hall–Kier alpha value is -2.66. The number of aromatic carboxylic acids is 1. The van der Waals surface area contributed by atoms with Crippen LogP contribution in [0.3, 0.4) is 0 Å². The maximum atomic E-state index is 12.5. The average Bonchev–Trinajstić information content (AvgIpc) is 3.25. The third-order valence-corrected chi connectivity index (χ3v) is 7.95. The van der Waals surface area contributed by atoms with Crippen LogP contribution >= 0.6 is 24.0 Å². The molecule has 3 nitrogen and oxygen atoms in total. The molecule has 5 rings (SSSR count). The van der Waals surface area contributed by atoms with Gasteiger partial charge >= 0.3 is 5.97 Å². The van der Waals surface area contributed by atoms with E-state index in [1.807, 2.05) is 30.3 Å². The second-order valence-corrected chi connectivity index (χ2v) is 10.7. The van der Waals surface area contributed by atoms with Crippen LogP contribution in [-0.2, 0) is 12.8 Å². The number of benzene rings is 3. The highest BCUT2D eigenvalue weighted by atomic mass is 35.5. The lowest BCUT2D eigenvalue weighted by molar-refractivity contribution is 0.0696. The first kappa shape index (κ1) is 28.4. The Morgan fingerprint density at radius 3 is 2.58 bits per heavy atom. The van der Waals surface area contributed by atoms with Gasteiger partial charge in [-0.05, 0) is 114 Å². The second-order valence-electron chi connectivity index (χ2n) is 10.3. The highest BCUT2D eigenvalue weighted by Crippen LogP contribution is 2.40. The minimum absolute atomic E-state index is 0. The number of aryl methyl sites for hydroxylation is 1. The van der Waals surface area contributed by atoms with Crippen molar-refractivity contribution >= 4 is 41.1 Å². The minimum Gasteiger partial charge on any atom is -0.478 e. The Bertz CT molecular complexity index is 1310. The molecule has 1 fully saturated rings. The number of allylic oxidation sites excluding steroid dienone is 1. The predicted molar refractivity (Wildman–Crippen MR) is 156 cm³/mol. The van der Waals surface area contributed by atoms with E-state index in [1.165, 1.54) is 11.1 Å². The topological polar surface area (TPSA) is 40.5 Å². The molecule has 38 heavy (non-hydrogen) atoms. The third-order valence-electron chi connectivity index (χ3n) is 7.71. The summed E-state index contributed by atoms with van der Waals surface area (Å²) in [6.45, 7) is 2.73. The number of likely N-dealkylation sites (tertiary alicyclic amines) is 1. The van der Waals surface area contributed by atoms with Gasteiger partial charge in [0.1, 0.15) is 0 Å². The first-order chi connectivity index (χ1) is 18.0. The SMILES string of the molecule is Cl.O=C(O)c1ccc2c(c1)CCCC(c1cccc(Cl)c1)=C2c1ccc(CC2CCN(CCCF)C2)cc1. The monoisotopic (exact) mass is 553 g/mol. The number of hydrogen-bond acceptors (Lipinski definition) is 2. The van der Waals surface area contributed by atoms with Crippen molar-refractivity contribution in [1.82, 2.24) is 4.90 Å². The first-order valence-electron chi connectivity index (χ1n) is 13.2. The van der Waals surface area contributed by atoms with Crippen molar-refractivity contribution in [2.24, 2.45) is 5.92 Å². The number of carboxylic acids is 1. The van der Waals surface area contributed by atoms with Crippen LogP contribution in [0.1, 0.15) is 63.9 Å². The van der Waals surface area contributed by atoms with E-state index in [4.69, 9.17) is 11.6 Å². The molecule has 3 aromatic carbocycles. The average molecular weight is 555 g/mol. The van der Waals surface area contributed by atoms with Crippen LogP contribution < -0.4 is 0 Å². The molecular formula is C32H34Cl2FNO2. The Balaban J connectivity index is 0.00000336. The molecule has 1 aliphatic carbocycles. The summed E-state index contributed by atoms with van der Waals surface area (Å²) >= 11 is 6.38. The van der Waals surface area contributed by atoms with Crippen molar-refractivity contribution in [3.8, 4) is 0 Å². The number of halogens is 3. The summed E-state index contributed by atoms with van der Waals surface area (Å²) in [5.41, 5.74) is 8.49. The molecule has 3 aromatic rings. The van der Waals surface area contributed by atoms with E-state index in [0.717, 1.165) is 79.6 Å². The highest BCUT2D eigenvalue weighted by Gasteiger charge is 2.24. The van der Waals surface area contributed by atoms with Crippen molar-refractivity contribution in [1.29, 1.82) is 0 Å². The quantitative estimate of drug-likeness (QED) is 0.307. The zero-order valence-electron chi connectivity index (χ0n) is 21.5. The van der Waals surface area contributed by atoms with Gasteiger partial charge in [-0.15, -0.1) is 12.4 Å². The lowest BCUT2D eigenvalue weighted by Gasteiger charge is -2.18. The van der Waals surface area contributed by atoms with Crippen LogP contribution in [0.25, 0.3) is 11.1 Å². The first-order valence-corrected chi connectivity index (χ1v) is 13.6. The fraction of sp³-hybridized carbons (Fsp3) is 0.344. The van der Waals surface area contributed by atoms with Gasteiger partial charge in [-0.25, -0.2) is 4.79 Å². The third kappa shape index (κ3) is 6.48. The maximum Gasteiger partial charge on any atom is 0.335 e. The normalized spacial score (nSPS) is 17.6. The fourth-order valence-corrected chi connectivity index (χ4v) is 6.11. The van der Waals surface area contributed by atoms with Gasteiger partial charge in [0, 0.05) is 18.1 Å². The number of hydrogen-bond donors (Lipinski definition) is 1. The van der Waals surface area contributed by atoms with Crippen LogP contribution in [0.4, 0.5) is 4.39 Å². The summed E-state index contributed by atoms with van der Waals surface area (Å²) in [5, 5.41) is 10.3. The van der Waals surface area contributed by atoms with Gasteiger partial charge in [-0.3, -0.25) is 4.39 Å². The Labute approximate surface area is 235 Å². The van der Waals surface area contributed by atoms with E-state index in [0.29, 0.717) is 22.9 Å². The van der Waals surface area contributed by atoms with Crippen molar-refractivity contribution in [3.63, 3.8) is 0 Å². The number of carboxylic acid groups (broad SMARTS) is 1. The van der Waals surface area contributed by atoms with Crippen LogP contribution in [0.2, 0.25) is 5.02 Å². The Kier molecular flexibility index (Phi) is 9.64. The Morgan fingerprint density at radius 1 is 1.03 bits per heavy atom. The number of alkyl halides is 1. The molecule has 1 unspecified atom stereocenters. The van der Waals surface area contributed by atoms with Crippen molar-refractivity contribution in [2.75, 3.05) is 26.3 Å². The Morgan fingerprint density at radius 2 is 1.84 bits per heavy atom. The second kappa shape index (κ2) is 12.9. The zero-order chi connectivity index (χ0) is 25.8. The molecule has 0 aromatic heterocycles. The van der Waals surface area contributed by atoms with Crippen LogP contribution in [0, 0.1) is 5.92 Å². The maximum absolute atomic E-state index is 12.5. The van der Waals surface area contributed by atoms with Gasteiger partial charge < -0.3 is 10.0 Å². The largest absolute Gasteiger partial charge is 0.478 e. The molecule has 0 saturated carbocycles. The molecule has 2 aliphatic rings. The number of nitrogens with zero attached hydrogens (tertiary/aromatic N) is 1. The lowest BCUT2D eigenvalue weighted by Crippen LogP contribution is -2.22. The number of rotatable bonds is 8. The molecule has 1 saturated heterocycles. The van der Waals surface area contributed by atoms with Crippen molar-refractivity contribution in [3.05, 3.63) is 105 Å². The fourth-order valence-electron chi connectivity index (χ4n) is 5.92. The smallest absolute Gasteiger partial charge is 0.335 e. The van der Waals surface area contributed by atoms with Gasteiger partial charge in [0.25, 0.3) is 0 Å². The molecule has 200 valence electrons. The van der Waals surface area contributed by atoms with Gasteiger partial charge in [-0.1, -0.05) is 54.1 Å². The minimum atomic E-state index is -0.896. The van der Waals surface area contributed by atoms with Crippen molar-refractivity contribution in [2.45, 2.75) is 38.5 Å². The molecule has 1 atom stereocenters. The molecule has 0 bridgehead atoms. The van der Waals surface area contributed by atoms with E-state index in [-0.39, 0.29) is 19.1 Å². The standard InChI is InChI=1S/C32H33ClFNO2.ClH/c33-28-6-1-4-26(20-28)29-7-2-5-25-19-27(32(36)37)12-13-30(25)31(29)24-10-8-22(9-11-24)18-23-14-17-35(21-23)16-3-15-34;/h1,4,6,8-13,19-20,23H,2-3,5,7,14-18,21H2,(H,36,37);1H. The van der Waals surface area contributed by atoms with Gasteiger partial charge in [0.05, 0.1) is 12.2 Å². The summed E-state index contributed by atoms with van der Waals surface area (Å²) in [5.74, 6) is -0.285. The summed E-state index contributed by atoms with van der Waals surface area (Å²) < 4.78 is 12.5. The summed E-state index contributed by atoms with van der Waals surface area (Å²) in [6.07, 6.45) is 5.50. The molecule has 1 N–H and O–H groups in total. The van der Waals surface area contributed by atoms with Gasteiger partial charge in [0.2, 0.25) is 0 Å². The van der Waals surface area contributed by atoms with E-state index >= 15 is 0 Å². The molecule has 0 amide bonds. The molecule has 1 heterocycles. The molecule has 0 spiro atoms. The summed E-state index contributed by atoms with van der Waals surface area (Å²) in [7, 11) is 0. The molecular weight excluding hydrogens is 520 g/mol. The number of carbonyl (C=O) groups is 1. The van der Waals surface area contributed by atoms with Crippen LogP contribution in [0.15, 0.2) is 66.7 Å². The van der Waals surface area contributed by atoms with Gasteiger partial charge in [0.15, 0.2) is 0 Å². The summed E-state index contributed by atoms with van der Waals surface area (Å²) in [6, 6.07) is 22.4. The number of fused-ring (bicyclic) bond motifs is 1. The molecule has 6 heteroatoms. The van der Waals surface area contributed by atoms with E-state index in [2.05, 4.69) is 35.2 Å². The van der Waals surface area contributed by atoms with Crippen LogP contribution in [-0.4, -0.2) is 42.3 Å². The molecule has 0 radical (unpaired) electrons. The predicted octanol–water partition coefficient (Wildman–Crippen LogP) is 7.98. The van der Waals surface area contributed by atoms with Gasteiger partial charge in [-0.2, -0.15) is 0 Å². The van der Waals surface area contributed by atoms with Crippen molar-refractivity contribution < 1.29 is 14.3 Å². The zero-order valence-corrected chi connectivity index (χ0v) is 23.0.